The van der Waals surface area contributed by atoms with Crippen molar-refractivity contribution >= 4 is 15.7 Å². The minimum Gasteiger partial charge on any atom is -0.396 e. The van der Waals surface area contributed by atoms with Gasteiger partial charge in [0.15, 0.2) is 5.03 Å². The Balaban J connectivity index is 2.24. The number of nitrogen functional groups attached to an aromatic ring is 1. The normalized spacial score (nSPS) is 13.1. The summed E-state index contributed by atoms with van der Waals surface area (Å²) in [6.07, 6.45) is 1.40. The molecule has 1 aromatic carbocycles. The number of nitrogens with zero attached hydrogens (tertiary/aromatic N) is 1. The molecule has 0 aliphatic rings. The second kappa shape index (κ2) is 5.60. The number of anilines is 1. The van der Waals surface area contributed by atoms with Gasteiger partial charge in [0.1, 0.15) is 0 Å². The molecule has 3 N–H and O–H groups in total. The second-order valence-electron chi connectivity index (χ2n) is 4.65. The summed E-state index contributed by atoms with van der Waals surface area (Å²) in [5.41, 5.74) is 7.80. The van der Waals surface area contributed by atoms with E-state index in [9.17, 15) is 8.42 Å². The molecular weight excluding hydrogens is 274 g/mol. The summed E-state index contributed by atoms with van der Waals surface area (Å²) in [5.74, 6) is 0. The lowest BCUT2D eigenvalue weighted by Gasteiger charge is -2.15. The number of aromatic nitrogens is 1. The van der Waals surface area contributed by atoms with E-state index in [2.05, 4.69) is 9.71 Å². The lowest BCUT2D eigenvalue weighted by Crippen LogP contribution is -2.28. The monoisotopic (exact) mass is 291 g/mol. The van der Waals surface area contributed by atoms with Crippen LogP contribution in [0.4, 0.5) is 5.69 Å². The van der Waals surface area contributed by atoms with Crippen molar-refractivity contribution in [3.63, 3.8) is 0 Å². The summed E-state index contributed by atoms with van der Waals surface area (Å²) in [4.78, 5) is 3.84. The molecule has 1 unspecified atom stereocenters. The van der Waals surface area contributed by atoms with Crippen molar-refractivity contribution in [1.82, 2.24) is 9.71 Å². The molecule has 106 valence electrons. The van der Waals surface area contributed by atoms with Crippen molar-refractivity contribution in [3.05, 3.63) is 53.7 Å². The van der Waals surface area contributed by atoms with Crippen molar-refractivity contribution < 1.29 is 8.42 Å². The fourth-order valence-corrected chi connectivity index (χ4v) is 3.13. The van der Waals surface area contributed by atoms with Crippen LogP contribution in [0.15, 0.2) is 47.6 Å². The fourth-order valence-electron chi connectivity index (χ4n) is 1.84. The first-order valence-electron chi connectivity index (χ1n) is 6.19. The number of hydrogen-bond acceptors (Lipinski definition) is 4. The molecule has 20 heavy (non-hydrogen) atoms. The largest absolute Gasteiger partial charge is 0.396 e. The zero-order valence-electron chi connectivity index (χ0n) is 11.4. The molecule has 2 aromatic rings. The second-order valence-corrected chi connectivity index (χ2v) is 6.28. The molecule has 0 spiro atoms. The van der Waals surface area contributed by atoms with E-state index < -0.39 is 10.0 Å². The maximum atomic E-state index is 12.3. The van der Waals surface area contributed by atoms with Gasteiger partial charge in [-0.2, -0.15) is 0 Å². The van der Waals surface area contributed by atoms with Crippen molar-refractivity contribution in [1.29, 1.82) is 0 Å². The smallest absolute Gasteiger partial charge is 0.260 e. The van der Waals surface area contributed by atoms with E-state index >= 15 is 0 Å². The fraction of sp³-hybridized carbons (Fsp3) is 0.214. The van der Waals surface area contributed by atoms with Crippen molar-refractivity contribution in [3.8, 4) is 0 Å². The SMILES string of the molecule is Cc1ccc(C(C)NS(=O)(=O)c2ncccc2N)cc1. The summed E-state index contributed by atoms with van der Waals surface area (Å²) in [6, 6.07) is 10.4. The molecule has 5 nitrogen and oxygen atoms in total. The highest BCUT2D eigenvalue weighted by atomic mass is 32.2. The van der Waals surface area contributed by atoms with Gasteiger partial charge in [0.2, 0.25) is 0 Å². The van der Waals surface area contributed by atoms with Gasteiger partial charge in [-0.1, -0.05) is 29.8 Å². The molecule has 0 bridgehead atoms. The number of hydrogen-bond donors (Lipinski definition) is 2. The number of sulfonamides is 1. The first kappa shape index (κ1) is 14.5. The third-order valence-electron chi connectivity index (χ3n) is 2.96. The van der Waals surface area contributed by atoms with E-state index in [0.717, 1.165) is 11.1 Å². The zero-order valence-corrected chi connectivity index (χ0v) is 12.2. The zero-order chi connectivity index (χ0) is 14.8. The summed E-state index contributed by atoms with van der Waals surface area (Å²) < 4.78 is 27.1. The van der Waals surface area contributed by atoms with Crippen LogP contribution in [-0.4, -0.2) is 13.4 Å². The van der Waals surface area contributed by atoms with Crippen LogP contribution in [0.5, 0.6) is 0 Å². The third-order valence-corrected chi connectivity index (χ3v) is 4.48. The third kappa shape index (κ3) is 3.15. The highest BCUT2D eigenvalue weighted by molar-refractivity contribution is 7.89. The average Bonchev–Trinajstić information content (AvgIpc) is 2.39. The van der Waals surface area contributed by atoms with Crippen molar-refractivity contribution in [2.45, 2.75) is 24.9 Å². The predicted octanol–water partition coefficient (Wildman–Crippen LogP) is 2.01. The van der Waals surface area contributed by atoms with Gasteiger partial charge in [-0.15, -0.1) is 0 Å². The minimum atomic E-state index is -3.73. The van der Waals surface area contributed by atoms with Crippen LogP contribution < -0.4 is 10.5 Å². The number of benzene rings is 1. The van der Waals surface area contributed by atoms with Crippen LogP contribution >= 0.6 is 0 Å². The molecule has 1 heterocycles. The Hall–Kier alpha value is -1.92. The molecule has 0 saturated heterocycles. The van der Waals surface area contributed by atoms with E-state index in [4.69, 9.17) is 5.73 Å². The van der Waals surface area contributed by atoms with Crippen LogP contribution in [0, 0.1) is 6.92 Å². The molecule has 0 aliphatic carbocycles. The molecule has 2 rings (SSSR count). The first-order valence-corrected chi connectivity index (χ1v) is 7.68. The first-order chi connectivity index (χ1) is 9.40. The Labute approximate surface area is 118 Å². The summed E-state index contributed by atoms with van der Waals surface area (Å²) >= 11 is 0. The molecule has 6 heteroatoms. The van der Waals surface area contributed by atoms with Gasteiger partial charge in [-0.25, -0.2) is 18.1 Å². The highest BCUT2D eigenvalue weighted by Gasteiger charge is 2.21. The lowest BCUT2D eigenvalue weighted by atomic mass is 10.1. The Morgan fingerprint density at radius 1 is 1.20 bits per heavy atom. The van der Waals surface area contributed by atoms with Crippen molar-refractivity contribution in [2.24, 2.45) is 0 Å². The molecule has 0 radical (unpaired) electrons. The van der Waals surface area contributed by atoms with E-state index in [1.54, 1.807) is 13.0 Å². The molecular formula is C14H17N3O2S. The minimum absolute atomic E-state index is 0.135. The molecule has 0 amide bonds. The predicted molar refractivity (Wildman–Crippen MR) is 78.6 cm³/mol. The summed E-state index contributed by atoms with van der Waals surface area (Å²) in [6.45, 7) is 3.76. The van der Waals surface area contributed by atoms with Crippen molar-refractivity contribution in [2.75, 3.05) is 5.73 Å². The van der Waals surface area contributed by atoms with Crippen LogP contribution in [0.25, 0.3) is 0 Å². The van der Waals surface area contributed by atoms with Crippen LogP contribution in [0.2, 0.25) is 0 Å². The Kier molecular flexibility index (Phi) is 4.06. The van der Waals surface area contributed by atoms with E-state index in [0.29, 0.717) is 0 Å². The lowest BCUT2D eigenvalue weighted by molar-refractivity contribution is 0.563. The maximum absolute atomic E-state index is 12.3. The van der Waals surface area contributed by atoms with E-state index in [1.165, 1.54) is 12.3 Å². The van der Waals surface area contributed by atoms with E-state index in [1.807, 2.05) is 31.2 Å². The van der Waals surface area contributed by atoms with Crippen LogP contribution in [0.1, 0.15) is 24.1 Å². The standard InChI is InChI=1S/C14H17N3O2S/c1-10-5-7-12(8-6-10)11(2)17-20(18,19)14-13(15)4-3-9-16-14/h3-9,11,17H,15H2,1-2H3. The quantitative estimate of drug-likeness (QED) is 0.902. The molecule has 1 atom stereocenters. The topological polar surface area (TPSA) is 85.1 Å². The van der Waals surface area contributed by atoms with Gasteiger partial charge < -0.3 is 5.73 Å². The maximum Gasteiger partial charge on any atom is 0.260 e. The average molecular weight is 291 g/mol. The molecule has 0 aliphatic heterocycles. The van der Waals surface area contributed by atoms with E-state index in [-0.39, 0.29) is 16.8 Å². The van der Waals surface area contributed by atoms with Gasteiger partial charge in [0.25, 0.3) is 10.0 Å². The van der Waals surface area contributed by atoms with Gasteiger partial charge in [0, 0.05) is 12.2 Å². The Bertz CT molecular complexity index is 697. The number of nitrogens with one attached hydrogen (secondary N) is 1. The molecule has 1 aromatic heterocycles. The number of rotatable bonds is 4. The highest BCUT2D eigenvalue weighted by Crippen LogP contribution is 2.19. The van der Waals surface area contributed by atoms with Gasteiger partial charge in [0.05, 0.1) is 5.69 Å². The summed E-state index contributed by atoms with van der Waals surface area (Å²) in [5, 5.41) is -0.140. The summed E-state index contributed by atoms with van der Waals surface area (Å²) in [7, 11) is -3.73. The van der Waals surface area contributed by atoms with Crippen LogP contribution in [0.3, 0.4) is 0 Å². The van der Waals surface area contributed by atoms with Gasteiger partial charge in [-0.05, 0) is 31.5 Å². The Morgan fingerprint density at radius 2 is 1.85 bits per heavy atom. The molecule has 0 saturated carbocycles. The van der Waals surface area contributed by atoms with Crippen LogP contribution in [-0.2, 0) is 10.0 Å². The Morgan fingerprint density at radius 3 is 2.45 bits per heavy atom. The number of nitrogens with two attached hydrogens (primary N) is 1. The molecule has 0 fully saturated rings. The van der Waals surface area contributed by atoms with Gasteiger partial charge in [-0.3, -0.25) is 0 Å². The number of pyridine rings is 1. The van der Waals surface area contributed by atoms with Gasteiger partial charge >= 0.3 is 0 Å². The number of aryl methyl sites for hydroxylation is 1.